The molecule has 1 saturated heterocycles. The van der Waals surface area contributed by atoms with Crippen LogP contribution < -0.4 is 5.32 Å². The molecule has 0 spiro atoms. The Hall–Kier alpha value is -0.120. The molecule has 0 bridgehead atoms. The maximum Gasteiger partial charge on any atom is 0.0167 e. The highest BCUT2D eigenvalue weighted by Gasteiger charge is 2.14. The molecule has 1 N–H and O–H groups in total. The smallest absolute Gasteiger partial charge is 0.0167 e. The first kappa shape index (κ1) is 12.0. The molecule has 1 heterocycles. The Kier molecular flexibility index (Phi) is 5.45. The van der Waals surface area contributed by atoms with E-state index in [0.717, 1.165) is 6.54 Å². The predicted octanol–water partition coefficient (Wildman–Crippen LogP) is 0.622. The SMILES string of the molecule is CC1CN(CCCCN(C)C)CCN1. The molecule has 84 valence electrons. The van der Waals surface area contributed by atoms with Crippen molar-refractivity contribution in [1.29, 1.82) is 0 Å². The minimum atomic E-state index is 0.678. The Morgan fingerprint density at radius 1 is 1.36 bits per heavy atom. The Balaban J connectivity index is 2.00. The summed E-state index contributed by atoms with van der Waals surface area (Å²) in [7, 11) is 4.29. The van der Waals surface area contributed by atoms with Gasteiger partial charge in [-0.05, 0) is 47.0 Å². The van der Waals surface area contributed by atoms with Gasteiger partial charge in [0.1, 0.15) is 0 Å². The van der Waals surface area contributed by atoms with Gasteiger partial charge in [0.05, 0.1) is 0 Å². The van der Waals surface area contributed by atoms with Crippen LogP contribution in [0.15, 0.2) is 0 Å². The molecule has 14 heavy (non-hydrogen) atoms. The standard InChI is InChI=1S/C11H25N3/c1-11-10-14(9-6-12-11)8-5-4-7-13(2)3/h11-12H,4-10H2,1-3H3. The number of nitrogens with one attached hydrogen (secondary N) is 1. The molecule has 1 aliphatic rings. The molecule has 0 aromatic carbocycles. The summed E-state index contributed by atoms with van der Waals surface area (Å²) in [5.41, 5.74) is 0. The van der Waals surface area contributed by atoms with E-state index in [-0.39, 0.29) is 0 Å². The lowest BCUT2D eigenvalue weighted by Gasteiger charge is -2.31. The van der Waals surface area contributed by atoms with E-state index in [2.05, 4.69) is 36.1 Å². The van der Waals surface area contributed by atoms with E-state index in [4.69, 9.17) is 0 Å². The first-order valence-electron chi connectivity index (χ1n) is 5.79. The Bertz CT molecular complexity index is 147. The van der Waals surface area contributed by atoms with Gasteiger partial charge < -0.3 is 15.1 Å². The molecule has 0 amide bonds. The highest BCUT2D eigenvalue weighted by Crippen LogP contribution is 2.01. The van der Waals surface area contributed by atoms with Crippen LogP contribution in [0.1, 0.15) is 19.8 Å². The number of rotatable bonds is 5. The van der Waals surface area contributed by atoms with E-state index in [1.54, 1.807) is 0 Å². The third-order valence-electron chi connectivity index (χ3n) is 2.78. The average molecular weight is 199 g/mol. The molecule has 1 unspecified atom stereocenters. The summed E-state index contributed by atoms with van der Waals surface area (Å²) in [5, 5.41) is 3.47. The van der Waals surface area contributed by atoms with Gasteiger partial charge in [-0.3, -0.25) is 0 Å². The van der Waals surface area contributed by atoms with Crippen molar-refractivity contribution in [3.8, 4) is 0 Å². The molecule has 0 aromatic heterocycles. The number of nitrogens with zero attached hydrogens (tertiary/aromatic N) is 2. The Morgan fingerprint density at radius 3 is 2.79 bits per heavy atom. The summed E-state index contributed by atoms with van der Waals surface area (Å²) in [6, 6.07) is 0.678. The van der Waals surface area contributed by atoms with Gasteiger partial charge in [-0.25, -0.2) is 0 Å². The van der Waals surface area contributed by atoms with E-state index in [9.17, 15) is 0 Å². The van der Waals surface area contributed by atoms with E-state index in [1.807, 2.05) is 0 Å². The summed E-state index contributed by atoms with van der Waals surface area (Å²) >= 11 is 0. The van der Waals surface area contributed by atoms with Gasteiger partial charge in [0.2, 0.25) is 0 Å². The largest absolute Gasteiger partial charge is 0.312 e. The minimum Gasteiger partial charge on any atom is -0.312 e. The molecule has 1 atom stereocenters. The van der Waals surface area contributed by atoms with Crippen LogP contribution in [0, 0.1) is 0 Å². The lowest BCUT2D eigenvalue weighted by atomic mass is 10.2. The van der Waals surface area contributed by atoms with Crippen molar-refractivity contribution in [2.24, 2.45) is 0 Å². The van der Waals surface area contributed by atoms with E-state index in [1.165, 1.54) is 39.0 Å². The number of hydrogen-bond donors (Lipinski definition) is 1. The second-order valence-corrected chi connectivity index (χ2v) is 4.67. The molecule has 0 aliphatic carbocycles. The van der Waals surface area contributed by atoms with Gasteiger partial charge in [-0.2, -0.15) is 0 Å². The zero-order valence-corrected chi connectivity index (χ0v) is 9.92. The van der Waals surface area contributed by atoms with Gasteiger partial charge in [0, 0.05) is 25.7 Å². The maximum atomic E-state index is 3.47. The maximum absolute atomic E-state index is 3.47. The molecule has 3 heteroatoms. The molecule has 0 saturated carbocycles. The van der Waals surface area contributed by atoms with Crippen molar-refractivity contribution in [3.63, 3.8) is 0 Å². The second kappa shape index (κ2) is 6.38. The Labute approximate surface area is 88.5 Å². The molecule has 1 fully saturated rings. The fourth-order valence-corrected chi connectivity index (χ4v) is 1.98. The molecule has 0 radical (unpaired) electrons. The fraction of sp³-hybridized carbons (Fsp3) is 1.00. The van der Waals surface area contributed by atoms with E-state index in [0.29, 0.717) is 6.04 Å². The number of hydrogen-bond acceptors (Lipinski definition) is 3. The summed E-state index contributed by atoms with van der Waals surface area (Å²) in [5.74, 6) is 0. The third kappa shape index (κ3) is 4.94. The second-order valence-electron chi connectivity index (χ2n) is 4.67. The van der Waals surface area contributed by atoms with Crippen LogP contribution in [0.3, 0.4) is 0 Å². The van der Waals surface area contributed by atoms with Gasteiger partial charge in [0.15, 0.2) is 0 Å². The summed E-state index contributed by atoms with van der Waals surface area (Å²) in [4.78, 5) is 4.84. The van der Waals surface area contributed by atoms with Crippen molar-refractivity contribution in [2.75, 3.05) is 46.8 Å². The summed E-state index contributed by atoms with van der Waals surface area (Å²) in [6.07, 6.45) is 2.66. The van der Waals surface area contributed by atoms with Crippen LogP contribution in [-0.2, 0) is 0 Å². The van der Waals surface area contributed by atoms with Gasteiger partial charge >= 0.3 is 0 Å². The number of unbranched alkanes of at least 4 members (excludes halogenated alkanes) is 1. The van der Waals surface area contributed by atoms with Crippen LogP contribution >= 0.6 is 0 Å². The normalized spacial score (nSPS) is 24.4. The predicted molar refractivity (Wildman–Crippen MR) is 61.7 cm³/mol. The summed E-state index contributed by atoms with van der Waals surface area (Å²) in [6.45, 7) is 8.39. The zero-order valence-electron chi connectivity index (χ0n) is 9.92. The molecule has 1 aliphatic heterocycles. The van der Waals surface area contributed by atoms with Gasteiger partial charge in [-0.1, -0.05) is 0 Å². The molecule has 0 aromatic rings. The minimum absolute atomic E-state index is 0.678. The first-order valence-corrected chi connectivity index (χ1v) is 5.79. The van der Waals surface area contributed by atoms with Crippen LogP contribution in [-0.4, -0.2) is 62.7 Å². The van der Waals surface area contributed by atoms with Crippen LogP contribution in [0.4, 0.5) is 0 Å². The quantitative estimate of drug-likeness (QED) is 0.655. The topological polar surface area (TPSA) is 18.5 Å². The zero-order chi connectivity index (χ0) is 10.4. The van der Waals surface area contributed by atoms with Crippen LogP contribution in [0.2, 0.25) is 0 Å². The average Bonchev–Trinajstić information content (AvgIpc) is 2.12. The number of piperazine rings is 1. The molecular weight excluding hydrogens is 174 g/mol. The lowest BCUT2D eigenvalue weighted by Crippen LogP contribution is -2.49. The fourth-order valence-electron chi connectivity index (χ4n) is 1.98. The molecule has 3 nitrogen and oxygen atoms in total. The van der Waals surface area contributed by atoms with E-state index < -0.39 is 0 Å². The van der Waals surface area contributed by atoms with Crippen molar-refractivity contribution >= 4 is 0 Å². The highest BCUT2D eigenvalue weighted by molar-refractivity contribution is 4.74. The monoisotopic (exact) mass is 199 g/mol. The molecular formula is C11H25N3. The Morgan fingerprint density at radius 2 is 2.14 bits per heavy atom. The van der Waals surface area contributed by atoms with Crippen molar-refractivity contribution in [3.05, 3.63) is 0 Å². The van der Waals surface area contributed by atoms with Crippen molar-refractivity contribution in [1.82, 2.24) is 15.1 Å². The summed E-state index contributed by atoms with van der Waals surface area (Å²) < 4.78 is 0. The van der Waals surface area contributed by atoms with Crippen molar-refractivity contribution in [2.45, 2.75) is 25.8 Å². The highest BCUT2D eigenvalue weighted by atomic mass is 15.2. The van der Waals surface area contributed by atoms with Crippen LogP contribution in [0.5, 0.6) is 0 Å². The third-order valence-corrected chi connectivity index (χ3v) is 2.78. The van der Waals surface area contributed by atoms with Gasteiger partial charge in [-0.15, -0.1) is 0 Å². The van der Waals surface area contributed by atoms with Crippen molar-refractivity contribution < 1.29 is 0 Å². The lowest BCUT2D eigenvalue weighted by molar-refractivity contribution is 0.201. The first-order chi connectivity index (χ1) is 6.68. The van der Waals surface area contributed by atoms with E-state index >= 15 is 0 Å². The van der Waals surface area contributed by atoms with Gasteiger partial charge in [0.25, 0.3) is 0 Å². The van der Waals surface area contributed by atoms with Crippen LogP contribution in [0.25, 0.3) is 0 Å². The molecule has 1 rings (SSSR count).